The van der Waals surface area contributed by atoms with E-state index in [9.17, 15) is 0 Å². The number of hydrogen-bond donors (Lipinski definition) is 2. The molecule has 1 heterocycles. The fourth-order valence-corrected chi connectivity index (χ4v) is 2.29. The Kier molecular flexibility index (Phi) is 5.53. The van der Waals surface area contributed by atoms with Crippen molar-refractivity contribution in [2.75, 3.05) is 11.9 Å². The molecule has 21 heavy (non-hydrogen) atoms. The van der Waals surface area contributed by atoms with Crippen LogP contribution >= 0.6 is 11.6 Å². The van der Waals surface area contributed by atoms with Gasteiger partial charge in [0.15, 0.2) is 5.82 Å². The highest BCUT2D eigenvalue weighted by molar-refractivity contribution is 6.29. The quantitative estimate of drug-likeness (QED) is 0.800. The molecule has 4 nitrogen and oxygen atoms in total. The van der Waals surface area contributed by atoms with E-state index in [1.807, 2.05) is 30.3 Å². The number of hydrogen-bond acceptors (Lipinski definition) is 4. The molecule has 1 atom stereocenters. The molecule has 0 saturated heterocycles. The van der Waals surface area contributed by atoms with Crippen LogP contribution in [0.1, 0.15) is 20.3 Å². The summed E-state index contributed by atoms with van der Waals surface area (Å²) in [4.78, 5) is 8.79. The Balaban J connectivity index is 2.27. The average Bonchev–Trinajstić information content (AvgIpc) is 2.47. The highest BCUT2D eigenvalue weighted by Crippen LogP contribution is 2.21. The van der Waals surface area contributed by atoms with Gasteiger partial charge in [-0.25, -0.2) is 9.97 Å². The molecule has 0 aliphatic carbocycles. The molecule has 0 radical (unpaired) electrons. The van der Waals surface area contributed by atoms with Crippen LogP contribution in [0.4, 0.5) is 5.82 Å². The van der Waals surface area contributed by atoms with E-state index in [1.54, 1.807) is 6.07 Å². The molecule has 2 aromatic rings. The molecule has 0 amide bonds. The largest absolute Gasteiger partial charge is 0.396 e. The molecule has 1 unspecified atom stereocenters. The van der Waals surface area contributed by atoms with Gasteiger partial charge in [-0.3, -0.25) is 0 Å². The molecule has 0 fully saturated rings. The van der Waals surface area contributed by atoms with Gasteiger partial charge >= 0.3 is 0 Å². The zero-order valence-corrected chi connectivity index (χ0v) is 13.0. The Morgan fingerprint density at radius 3 is 2.52 bits per heavy atom. The van der Waals surface area contributed by atoms with Gasteiger partial charge < -0.3 is 10.4 Å². The maximum absolute atomic E-state index is 9.15. The van der Waals surface area contributed by atoms with Crippen molar-refractivity contribution in [3.63, 3.8) is 0 Å². The van der Waals surface area contributed by atoms with Crippen molar-refractivity contribution in [2.24, 2.45) is 5.92 Å². The molecule has 0 aliphatic heterocycles. The van der Waals surface area contributed by atoms with Crippen LogP contribution in [0.2, 0.25) is 5.15 Å². The van der Waals surface area contributed by atoms with Crippen LogP contribution < -0.4 is 5.32 Å². The second kappa shape index (κ2) is 7.38. The minimum absolute atomic E-state index is 0.139. The predicted molar refractivity (Wildman–Crippen MR) is 86.4 cm³/mol. The summed E-state index contributed by atoms with van der Waals surface area (Å²) >= 11 is 6.10. The van der Waals surface area contributed by atoms with E-state index in [4.69, 9.17) is 16.7 Å². The first kappa shape index (κ1) is 15.7. The average molecular weight is 306 g/mol. The summed E-state index contributed by atoms with van der Waals surface area (Å²) in [5.41, 5.74) is 0.923. The lowest BCUT2D eigenvalue weighted by Gasteiger charge is -2.22. The fraction of sp³-hybridized carbons (Fsp3) is 0.375. The van der Waals surface area contributed by atoms with E-state index in [2.05, 4.69) is 29.1 Å². The SMILES string of the molecule is CC(C)C(CCO)Nc1cc(Cl)nc(-c2ccccc2)n1. The van der Waals surface area contributed by atoms with E-state index < -0.39 is 0 Å². The Bertz CT molecular complexity index is 575. The molecule has 112 valence electrons. The summed E-state index contributed by atoms with van der Waals surface area (Å²) in [6.45, 7) is 4.35. The van der Waals surface area contributed by atoms with E-state index in [-0.39, 0.29) is 12.6 Å². The molecule has 0 bridgehead atoms. The van der Waals surface area contributed by atoms with Crippen molar-refractivity contribution >= 4 is 17.4 Å². The van der Waals surface area contributed by atoms with Gasteiger partial charge in [0, 0.05) is 24.3 Å². The van der Waals surface area contributed by atoms with Crippen LogP contribution in [0, 0.1) is 5.92 Å². The minimum atomic E-state index is 0.139. The third kappa shape index (κ3) is 4.41. The summed E-state index contributed by atoms with van der Waals surface area (Å²) in [6, 6.07) is 11.6. The van der Waals surface area contributed by atoms with Crippen molar-refractivity contribution in [1.29, 1.82) is 0 Å². The van der Waals surface area contributed by atoms with E-state index in [0.717, 1.165) is 5.56 Å². The normalized spacial score (nSPS) is 12.4. The van der Waals surface area contributed by atoms with Crippen LogP contribution in [0.25, 0.3) is 11.4 Å². The Hall–Kier alpha value is -1.65. The number of halogens is 1. The van der Waals surface area contributed by atoms with Crippen molar-refractivity contribution in [2.45, 2.75) is 26.3 Å². The van der Waals surface area contributed by atoms with Crippen molar-refractivity contribution in [3.8, 4) is 11.4 Å². The van der Waals surface area contributed by atoms with Gasteiger partial charge in [0.2, 0.25) is 0 Å². The summed E-state index contributed by atoms with van der Waals surface area (Å²) in [6.07, 6.45) is 0.667. The smallest absolute Gasteiger partial charge is 0.163 e. The summed E-state index contributed by atoms with van der Waals surface area (Å²) < 4.78 is 0. The third-order valence-corrected chi connectivity index (χ3v) is 3.50. The molecule has 2 rings (SSSR count). The number of benzene rings is 1. The Labute approximate surface area is 130 Å². The molecular weight excluding hydrogens is 286 g/mol. The number of rotatable bonds is 6. The van der Waals surface area contributed by atoms with Gasteiger partial charge in [-0.2, -0.15) is 0 Å². The molecule has 0 saturated carbocycles. The molecule has 1 aromatic heterocycles. The lowest BCUT2D eigenvalue weighted by Crippen LogP contribution is -2.27. The van der Waals surface area contributed by atoms with E-state index >= 15 is 0 Å². The highest BCUT2D eigenvalue weighted by Gasteiger charge is 2.14. The first-order valence-electron chi connectivity index (χ1n) is 7.07. The maximum Gasteiger partial charge on any atom is 0.163 e. The number of aliphatic hydroxyl groups is 1. The molecule has 2 N–H and O–H groups in total. The summed E-state index contributed by atoms with van der Waals surface area (Å²) in [5, 5.41) is 12.9. The maximum atomic E-state index is 9.15. The zero-order chi connectivity index (χ0) is 15.2. The number of anilines is 1. The van der Waals surface area contributed by atoms with Crippen molar-refractivity contribution in [1.82, 2.24) is 9.97 Å². The first-order valence-corrected chi connectivity index (χ1v) is 7.45. The van der Waals surface area contributed by atoms with Crippen LogP contribution in [0.5, 0.6) is 0 Å². The molecule has 0 spiro atoms. The van der Waals surface area contributed by atoms with Crippen molar-refractivity contribution in [3.05, 3.63) is 41.6 Å². The molecule has 0 aliphatic rings. The van der Waals surface area contributed by atoms with Gasteiger partial charge in [0.25, 0.3) is 0 Å². The van der Waals surface area contributed by atoms with Gasteiger partial charge in [0.1, 0.15) is 11.0 Å². The van der Waals surface area contributed by atoms with Gasteiger partial charge in [-0.05, 0) is 12.3 Å². The van der Waals surface area contributed by atoms with Crippen molar-refractivity contribution < 1.29 is 5.11 Å². The van der Waals surface area contributed by atoms with Crippen LogP contribution in [-0.2, 0) is 0 Å². The van der Waals surface area contributed by atoms with Gasteiger partial charge in [-0.15, -0.1) is 0 Å². The van der Waals surface area contributed by atoms with Crippen LogP contribution in [0.15, 0.2) is 36.4 Å². The predicted octanol–water partition coefficient (Wildman–Crippen LogP) is 3.62. The van der Waals surface area contributed by atoms with E-state index in [0.29, 0.717) is 29.1 Å². The molecule has 1 aromatic carbocycles. The second-order valence-corrected chi connectivity index (χ2v) is 5.66. The zero-order valence-electron chi connectivity index (χ0n) is 12.3. The topological polar surface area (TPSA) is 58.0 Å². The minimum Gasteiger partial charge on any atom is -0.396 e. The summed E-state index contributed by atoms with van der Waals surface area (Å²) in [5.74, 6) is 1.66. The second-order valence-electron chi connectivity index (χ2n) is 5.27. The Morgan fingerprint density at radius 1 is 1.19 bits per heavy atom. The monoisotopic (exact) mass is 305 g/mol. The standard InChI is InChI=1S/C16H20ClN3O/c1-11(2)13(8-9-21)18-15-10-14(17)19-16(20-15)12-6-4-3-5-7-12/h3-7,10-11,13,21H,8-9H2,1-2H3,(H,18,19,20). The third-order valence-electron chi connectivity index (χ3n) is 3.30. The Morgan fingerprint density at radius 2 is 1.90 bits per heavy atom. The van der Waals surface area contributed by atoms with Crippen LogP contribution in [-0.4, -0.2) is 27.7 Å². The van der Waals surface area contributed by atoms with E-state index in [1.165, 1.54) is 0 Å². The lowest BCUT2D eigenvalue weighted by molar-refractivity contribution is 0.267. The molecule has 5 heteroatoms. The highest BCUT2D eigenvalue weighted by atomic mass is 35.5. The van der Waals surface area contributed by atoms with Crippen LogP contribution in [0.3, 0.4) is 0 Å². The number of nitrogens with zero attached hydrogens (tertiary/aromatic N) is 2. The summed E-state index contributed by atoms with van der Waals surface area (Å²) in [7, 11) is 0. The van der Waals surface area contributed by atoms with Gasteiger partial charge in [0.05, 0.1) is 0 Å². The fourth-order valence-electron chi connectivity index (χ4n) is 2.11. The van der Waals surface area contributed by atoms with Gasteiger partial charge in [-0.1, -0.05) is 55.8 Å². The first-order chi connectivity index (χ1) is 10.1. The lowest BCUT2D eigenvalue weighted by atomic mass is 10.0. The number of nitrogens with one attached hydrogen (secondary N) is 1. The number of aliphatic hydroxyl groups excluding tert-OH is 1. The molecular formula is C16H20ClN3O. The number of aromatic nitrogens is 2.